The monoisotopic (exact) mass is 539 g/mol. The molecule has 0 radical (unpaired) electrons. The Labute approximate surface area is 228 Å². The number of nitrogens with one attached hydrogen (secondary N) is 2. The van der Waals surface area contributed by atoms with E-state index in [9.17, 15) is 19.2 Å². The maximum atomic E-state index is 13.2. The summed E-state index contributed by atoms with van der Waals surface area (Å²) in [7, 11) is 0. The van der Waals surface area contributed by atoms with Gasteiger partial charge in [-0.2, -0.15) is 0 Å². The highest BCUT2D eigenvalue weighted by atomic mass is 16.6. The van der Waals surface area contributed by atoms with E-state index in [0.717, 1.165) is 11.1 Å². The third-order valence-electron chi connectivity index (χ3n) is 5.24. The summed E-state index contributed by atoms with van der Waals surface area (Å²) < 4.78 is 16.0. The first-order valence-corrected chi connectivity index (χ1v) is 12.5. The minimum Gasteiger partial charge on any atom is -0.458 e. The molecule has 0 aliphatic rings. The van der Waals surface area contributed by atoms with Crippen LogP contribution < -0.4 is 16.4 Å². The van der Waals surface area contributed by atoms with E-state index in [1.807, 2.05) is 31.2 Å². The van der Waals surface area contributed by atoms with Gasteiger partial charge in [-0.1, -0.05) is 54.6 Å². The predicted molar refractivity (Wildman–Crippen MR) is 146 cm³/mol. The first-order valence-electron chi connectivity index (χ1n) is 12.5. The van der Waals surface area contributed by atoms with Gasteiger partial charge in [-0.15, -0.1) is 0 Å². The molecule has 0 aliphatic carbocycles. The summed E-state index contributed by atoms with van der Waals surface area (Å²) in [6.45, 7) is 10.5. The second-order valence-corrected chi connectivity index (χ2v) is 9.96. The van der Waals surface area contributed by atoms with Crippen molar-refractivity contribution in [1.82, 2.24) is 10.6 Å². The molecule has 0 bridgehead atoms. The van der Waals surface area contributed by atoms with E-state index in [2.05, 4.69) is 17.2 Å². The number of aryl methyl sites for hydroxylation is 1. The molecule has 210 valence electrons. The fourth-order valence-electron chi connectivity index (χ4n) is 3.50. The molecule has 0 aromatic heterocycles. The molecule has 2 aromatic carbocycles. The second-order valence-electron chi connectivity index (χ2n) is 9.96. The Bertz CT molecular complexity index is 1170. The number of ether oxygens (including phenoxy) is 3. The Morgan fingerprint density at radius 2 is 1.69 bits per heavy atom. The normalized spacial score (nSPS) is 12.5. The lowest BCUT2D eigenvalue weighted by Crippen LogP contribution is -2.55. The van der Waals surface area contributed by atoms with Gasteiger partial charge in [-0.05, 0) is 51.0 Å². The number of amides is 3. The molecule has 3 amide bonds. The van der Waals surface area contributed by atoms with Gasteiger partial charge < -0.3 is 30.6 Å². The highest BCUT2D eigenvalue weighted by Gasteiger charge is 2.28. The van der Waals surface area contributed by atoms with E-state index in [4.69, 9.17) is 19.9 Å². The Morgan fingerprint density at radius 1 is 1.00 bits per heavy atom. The van der Waals surface area contributed by atoms with Gasteiger partial charge in [0, 0.05) is 6.42 Å². The number of benzene rings is 2. The first kappa shape index (κ1) is 31.0. The third kappa shape index (κ3) is 11.4. The van der Waals surface area contributed by atoms with Crippen LogP contribution in [-0.4, -0.2) is 54.8 Å². The summed E-state index contributed by atoms with van der Waals surface area (Å²) in [4.78, 5) is 49.8. The Hall–Kier alpha value is -4.18. The van der Waals surface area contributed by atoms with Crippen LogP contribution in [0.3, 0.4) is 0 Å². The zero-order chi connectivity index (χ0) is 29.0. The first-order chi connectivity index (χ1) is 18.4. The van der Waals surface area contributed by atoms with Gasteiger partial charge in [0.15, 0.2) is 0 Å². The Morgan fingerprint density at radius 3 is 2.33 bits per heavy atom. The molecule has 0 unspecified atom stereocenters. The number of primary amides is 1. The SMILES string of the molecule is C=CCOC(=O)c1cccc(COC[C@H](NC(=O)[C@H](Cc2cccc(C)c2)NC(=O)OC(C)(C)C)C(N)=O)c1. The van der Waals surface area contributed by atoms with Crippen molar-refractivity contribution >= 4 is 23.9 Å². The van der Waals surface area contributed by atoms with Crippen molar-refractivity contribution in [2.24, 2.45) is 5.73 Å². The van der Waals surface area contributed by atoms with E-state index >= 15 is 0 Å². The van der Waals surface area contributed by atoms with Crippen molar-refractivity contribution in [2.75, 3.05) is 13.2 Å². The molecule has 10 nitrogen and oxygen atoms in total. The van der Waals surface area contributed by atoms with Crippen LogP contribution in [0.4, 0.5) is 4.79 Å². The van der Waals surface area contributed by atoms with Crippen LogP contribution in [0.25, 0.3) is 0 Å². The van der Waals surface area contributed by atoms with Crippen molar-refractivity contribution in [2.45, 2.75) is 58.4 Å². The van der Waals surface area contributed by atoms with Crippen LogP contribution in [0.2, 0.25) is 0 Å². The predicted octanol–water partition coefficient (Wildman–Crippen LogP) is 2.96. The zero-order valence-electron chi connectivity index (χ0n) is 22.8. The van der Waals surface area contributed by atoms with Crippen LogP contribution >= 0.6 is 0 Å². The number of carbonyl (C=O) groups excluding carboxylic acids is 4. The summed E-state index contributed by atoms with van der Waals surface area (Å²) >= 11 is 0. The molecule has 4 N–H and O–H groups in total. The van der Waals surface area contributed by atoms with E-state index in [-0.39, 0.29) is 26.2 Å². The minimum atomic E-state index is -1.17. The molecule has 2 aromatic rings. The fraction of sp³-hybridized carbons (Fsp3) is 0.379. The zero-order valence-corrected chi connectivity index (χ0v) is 22.8. The number of hydrogen-bond donors (Lipinski definition) is 3. The van der Waals surface area contributed by atoms with Crippen molar-refractivity contribution in [3.8, 4) is 0 Å². The van der Waals surface area contributed by atoms with Gasteiger partial charge >= 0.3 is 12.1 Å². The molecule has 0 heterocycles. The molecule has 39 heavy (non-hydrogen) atoms. The van der Waals surface area contributed by atoms with Crippen LogP contribution in [0.1, 0.15) is 47.8 Å². The van der Waals surface area contributed by atoms with Crippen LogP contribution in [-0.2, 0) is 36.8 Å². The average molecular weight is 540 g/mol. The molecular weight excluding hydrogens is 502 g/mol. The van der Waals surface area contributed by atoms with Crippen LogP contribution in [0.5, 0.6) is 0 Å². The lowest BCUT2D eigenvalue weighted by atomic mass is 10.0. The number of carbonyl (C=O) groups is 4. The molecule has 10 heteroatoms. The van der Waals surface area contributed by atoms with Gasteiger partial charge in [-0.3, -0.25) is 9.59 Å². The van der Waals surface area contributed by atoms with Crippen LogP contribution in [0, 0.1) is 6.92 Å². The maximum absolute atomic E-state index is 13.2. The number of esters is 1. The molecule has 2 rings (SSSR count). The lowest BCUT2D eigenvalue weighted by molar-refractivity contribution is -0.130. The van der Waals surface area contributed by atoms with Crippen molar-refractivity contribution in [3.63, 3.8) is 0 Å². The largest absolute Gasteiger partial charge is 0.458 e. The molecule has 0 saturated heterocycles. The Balaban J connectivity index is 2.06. The number of hydrogen-bond acceptors (Lipinski definition) is 7. The maximum Gasteiger partial charge on any atom is 0.408 e. The average Bonchev–Trinajstić information content (AvgIpc) is 2.85. The van der Waals surface area contributed by atoms with Gasteiger partial charge in [-0.25, -0.2) is 9.59 Å². The summed E-state index contributed by atoms with van der Waals surface area (Å²) in [5.74, 6) is -1.94. The van der Waals surface area contributed by atoms with Gasteiger partial charge in [0.2, 0.25) is 11.8 Å². The van der Waals surface area contributed by atoms with Crippen molar-refractivity contribution in [1.29, 1.82) is 0 Å². The highest BCUT2D eigenvalue weighted by Crippen LogP contribution is 2.11. The van der Waals surface area contributed by atoms with Crippen molar-refractivity contribution in [3.05, 3.63) is 83.4 Å². The molecule has 2 atom stereocenters. The lowest BCUT2D eigenvalue weighted by Gasteiger charge is -2.25. The van der Waals surface area contributed by atoms with E-state index in [1.54, 1.807) is 45.0 Å². The topological polar surface area (TPSA) is 146 Å². The standard InChI is InChI=1S/C29H37N3O7/c1-6-13-38-27(35)22-12-8-11-21(15-22)17-37-18-24(25(30)33)31-26(34)23(32-28(36)39-29(3,4)5)16-20-10-7-9-19(2)14-20/h6-12,14-15,23-24H,1,13,16-18H2,2-5H3,(H2,30,33)(H,31,34)(H,32,36)/t23-,24-/m0/s1. The molecular formula is C29H37N3O7. The molecule has 0 fully saturated rings. The van der Waals surface area contributed by atoms with Crippen molar-refractivity contribution < 1.29 is 33.4 Å². The highest BCUT2D eigenvalue weighted by molar-refractivity contribution is 5.91. The summed E-state index contributed by atoms with van der Waals surface area (Å²) in [6.07, 6.45) is 0.861. The quantitative estimate of drug-likeness (QED) is 0.262. The smallest absolute Gasteiger partial charge is 0.408 e. The van der Waals surface area contributed by atoms with Gasteiger partial charge in [0.05, 0.1) is 18.8 Å². The number of rotatable bonds is 13. The van der Waals surface area contributed by atoms with E-state index < -0.39 is 41.6 Å². The second kappa shape index (κ2) is 14.7. The van der Waals surface area contributed by atoms with Gasteiger partial charge in [0.25, 0.3) is 0 Å². The third-order valence-corrected chi connectivity index (χ3v) is 5.24. The molecule has 0 saturated carbocycles. The molecule has 0 aliphatic heterocycles. The summed E-state index contributed by atoms with van der Waals surface area (Å²) in [6, 6.07) is 11.9. The van der Waals surface area contributed by atoms with E-state index in [0.29, 0.717) is 11.1 Å². The fourth-order valence-corrected chi connectivity index (χ4v) is 3.50. The van der Waals surface area contributed by atoms with Crippen LogP contribution in [0.15, 0.2) is 61.2 Å². The Kier molecular flexibility index (Phi) is 11.7. The number of nitrogens with two attached hydrogens (primary N) is 1. The van der Waals surface area contributed by atoms with E-state index in [1.165, 1.54) is 6.08 Å². The molecule has 0 spiro atoms. The van der Waals surface area contributed by atoms with Gasteiger partial charge in [0.1, 0.15) is 24.3 Å². The minimum absolute atomic E-state index is 0.0467. The number of alkyl carbamates (subject to hydrolysis) is 1. The summed E-state index contributed by atoms with van der Waals surface area (Å²) in [5, 5.41) is 5.15. The summed E-state index contributed by atoms with van der Waals surface area (Å²) in [5.41, 5.74) is 7.54.